The third-order valence-electron chi connectivity index (χ3n) is 4.51. The fourth-order valence-electron chi connectivity index (χ4n) is 2.77. The normalized spacial score (nSPS) is 13.0. The molecule has 0 radical (unpaired) electrons. The molecule has 0 saturated heterocycles. The molecular weight excluding hydrogens is 308 g/mol. The number of rotatable bonds is 5. The molecule has 1 atom stereocenters. The maximum absolute atomic E-state index is 4.15. The van der Waals surface area contributed by atoms with Crippen LogP contribution in [0.25, 0.3) is 5.69 Å². The van der Waals surface area contributed by atoms with Gasteiger partial charge in [-0.1, -0.05) is 57.2 Å². The van der Waals surface area contributed by atoms with Gasteiger partial charge in [0, 0.05) is 12.6 Å². The molecule has 130 valence electrons. The third-order valence-corrected chi connectivity index (χ3v) is 4.51. The van der Waals surface area contributed by atoms with E-state index in [1.807, 2.05) is 0 Å². The van der Waals surface area contributed by atoms with Crippen LogP contribution in [0.5, 0.6) is 0 Å². The van der Waals surface area contributed by atoms with Crippen LogP contribution in [0.15, 0.2) is 61.2 Å². The van der Waals surface area contributed by atoms with E-state index in [9.17, 15) is 0 Å². The lowest BCUT2D eigenvalue weighted by Gasteiger charge is -2.20. The lowest BCUT2D eigenvalue weighted by atomic mass is 9.87. The van der Waals surface area contributed by atoms with E-state index in [2.05, 4.69) is 91.6 Å². The van der Waals surface area contributed by atoms with Crippen LogP contribution in [-0.4, -0.2) is 14.8 Å². The summed E-state index contributed by atoms with van der Waals surface area (Å²) in [7, 11) is 0. The average Bonchev–Trinajstić information content (AvgIpc) is 3.14. The second-order valence-electron chi connectivity index (χ2n) is 7.48. The second kappa shape index (κ2) is 7.19. The van der Waals surface area contributed by atoms with Crippen LogP contribution in [-0.2, 0) is 12.0 Å². The summed E-state index contributed by atoms with van der Waals surface area (Å²) in [5.74, 6) is 0. The summed E-state index contributed by atoms with van der Waals surface area (Å²) in [5, 5.41) is 7.74. The largest absolute Gasteiger partial charge is 0.306 e. The Bertz CT molecular complexity index is 781. The summed E-state index contributed by atoms with van der Waals surface area (Å²) >= 11 is 0. The van der Waals surface area contributed by atoms with Gasteiger partial charge >= 0.3 is 0 Å². The van der Waals surface area contributed by atoms with Crippen LogP contribution in [0.3, 0.4) is 0 Å². The molecule has 0 amide bonds. The zero-order valence-corrected chi connectivity index (χ0v) is 15.4. The van der Waals surface area contributed by atoms with Crippen LogP contribution in [0.4, 0.5) is 0 Å². The molecule has 1 aromatic heterocycles. The van der Waals surface area contributed by atoms with Crippen molar-refractivity contribution in [3.8, 4) is 5.69 Å². The number of benzene rings is 2. The van der Waals surface area contributed by atoms with Crippen molar-refractivity contribution in [2.75, 3.05) is 0 Å². The first-order chi connectivity index (χ1) is 11.9. The minimum atomic E-state index is 0.199. The Kier molecular flexibility index (Phi) is 5.00. The van der Waals surface area contributed by atoms with Gasteiger partial charge < -0.3 is 5.32 Å². The summed E-state index contributed by atoms with van der Waals surface area (Å²) in [5.41, 5.74) is 5.15. The van der Waals surface area contributed by atoms with Crippen LogP contribution >= 0.6 is 0 Å². The molecule has 3 rings (SSSR count). The van der Waals surface area contributed by atoms with Gasteiger partial charge in [0.05, 0.1) is 5.69 Å². The highest BCUT2D eigenvalue weighted by Crippen LogP contribution is 2.22. The number of nitrogens with zero attached hydrogens (tertiary/aromatic N) is 3. The van der Waals surface area contributed by atoms with Crippen molar-refractivity contribution in [1.29, 1.82) is 0 Å². The highest BCUT2D eigenvalue weighted by Gasteiger charge is 2.13. The Morgan fingerprint density at radius 3 is 2.24 bits per heavy atom. The van der Waals surface area contributed by atoms with Gasteiger partial charge in [-0.2, -0.15) is 5.10 Å². The van der Waals surface area contributed by atoms with Gasteiger partial charge in [-0.3, -0.25) is 0 Å². The topological polar surface area (TPSA) is 42.7 Å². The minimum Gasteiger partial charge on any atom is -0.306 e. The van der Waals surface area contributed by atoms with Crippen molar-refractivity contribution in [1.82, 2.24) is 20.1 Å². The summed E-state index contributed by atoms with van der Waals surface area (Å²) in [6, 6.07) is 17.6. The van der Waals surface area contributed by atoms with Crippen molar-refractivity contribution < 1.29 is 0 Å². The average molecular weight is 334 g/mol. The van der Waals surface area contributed by atoms with E-state index in [0.717, 1.165) is 12.2 Å². The highest BCUT2D eigenvalue weighted by molar-refractivity contribution is 5.34. The first-order valence-electron chi connectivity index (χ1n) is 8.71. The first-order valence-corrected chi connectivity index (χ1v) is 8.71. The standard InChI is InChI=1S/C21H26N4/c1-16(18-7-11-20(12-8-18)25-15-22-14-24-25)23-13-17-5-9-19(10-6-17)21(2,3)4/h5-12,14-16,23H,13H2,1-4H3. The van der Waals surface area contributed by atoms with Crippen molar-refractivity contribution in [2.24, 2.45) is 0 Å². The SMILES string of the molecule is CC(NCc1ccc(C(C)(C)C)cc1)c1ccc(-n2cncn2)cc1. The molecular formula is C21H26N4. The van der Waals surface area contributed by atoms with E-state index >= 15 is 0 Å². The highest BCUT2D eigenvalue weighted by atomic mass is 15.3. The van der Waals surface area contributed by atoms with E-state index in [1.165, 1.54) is 16.7 Å². The lowest BCUT2D eigenvalue weighted by Crippen LogP contribution is -2.18. The molecule has 3 aromatic rings. The Labute approximate surface area is 149 Å². The van der Waals surface area contributed by atoms with Gasteiger partial charge in [0.15, 0.2) is 0 Å². The third kappa shape index (κ3) is 4.34. The van der Waals surface area contributed by atoms with E-state index in [0.29, 0.717) is 0 Å². The van der Waals surface area contributed by atoms with Gasteiger partial charge in [0.25, 0.3) is 0 Å². The molecule has 1 unspecified atom stereocenters. The summed E-state index contributed by atoms with van der Waals surface area (Å²) in [6.45, 7) is 9.77. The molecule has 2 aromatic carbocycles. The molecule has 25 heavy (non-hydrogen) atoms. The molecule has 4 heteroatoms. The number of hydrogen-bond donors (Lipinski definition) is 1. The Morgan fingerprint density at radius 2 is 1.68 bits per heavy atom. The van der Waals surface area contributed by atoms with Crippen LogP contribution in [0.1, 0.15) is 50.4 Å². The molecule has 1 heterocycles. The van der Waals surface area contributed by atoms with Crippen LogP contribution < -0.4 is 5.32 Å². The van der Waals surface area contributed by atoms with Crippen molar-refractivity contribution in [3.05, 3.63) is 77.9 Å². The van der Waals surface area contributed by atoms with E-state index in [1.54, 1.807) is 17.3 Å². The van der Waals surface area contributed by atoms with Gasteiger partial charge in [-0.25, -0.2) is 9.67 Å². The molecule has 0 aliphatic carbocycles. The fraction of sp³-hybridized carbons (Fsp3) is 0.333. The van der Waals surface area contributed by atoms with Crippen LogP contribution in [0, 0.1) is 0 Å². The molecule has 0 fully saturated rings. The van der Waals surface area contributed by atoms with Gasteiger partial charge in [0.2, 0.25) is 0 Å². The van der Waals surface area contributed by atoms with Crippen molar-refractivity contribution >= 4 is 0 Å². The maximum atomic E-state index is 4.15. The number of nitrogens with one attached hydrogen (secondary N) is 1. The fourth-order valence-corrected chi connectivity index (χ4v) is 2.77. The molecule has 1 N–H and O–H groups in total. The molecule has 0 spiro atoms. The number of aromatic nitrogens is 3. The van der Waals surface area contributed by atoms with Gasteiger partial charge in [-0.15, -0.1) is 0 Å². The van der Waals surface area contributed by atoms with Gasteiger partial charge in [0.1, 0.15) is 12.7 Å². The monoisotopic (exact) mass is 334 g/mol. The predicted octanol–water partition coefficient (Wildman–Crippen LogP) is 4.42. The van der Waals surface area contributed by atoms with Crippen LogP contribution in [0.2, 0.25) is 0 Å². The smallest absolute Gasteiger partial charge is 0.138 e. The zero-order valence-electron chi connectivity index (χ0n) is 15.4. The number of hydrogen-bond acceptors (Lipinski definition) is 3. The van der Waals surface area contributed by atoms with E-state index in [4.69, 9.17) is 0 Å². The molecule has 4 nitrogen and oxygen atoms in total. The van der Waals surface area contributed by atoms with Crippen molar-refractivity contribution in [2.45, 2.75) is 45.7 Å². The molecule has 0 aliphatic rings. The molecule has 0 bridgehead atoms. The van der Waals surface area contributed by atoms with Gasteiger partial charge in [-0.05, 0) is 41.2 Å². The molecule has 0 aliphatic heterocycles. The molecule has 0 saturated carbocycles. The second-order valence-corrected chi connectivity index (χ2v) is 7.48. The first kappa shape index (κ1) is 17.4. The minimum absolute atomic E-state index is 0.199. The predicted molar refractivity (Wildman–Crippen MR) is 102 cm³/mol. The summed E-state index contributed by atoms with van der Waals surface area (Å²) < 4.78 is 1.76. The Balaban J connectivity index is 1.60. The Hall–Kier alpha value is -2.46. The zero-order chi connectivity index (χ0) is 17.9. The maximum Gasteiger partial charge on any atom is 0.138 e. The quantitative estimate of drug-likeness (QED) is 0.751. The lowest BCUT2D eigenvalue weighted by molar-refractivity contribution is 0.571. The summed E-state index contributed by atoms with van der Waals surface area (Å²) in [4.78, 5) is 3.98. The van der Waals surface area contributed by atoms with E-state index in [-0.39, 0.29) is 11.5 Å². The van der Waals surface area contributed by atoms with Crippen molar-refractivity contribution in [3.63, 3.8) is 0 Å². The van der Waals surface area contributed by atoms with E-state index < -0.39 is 0 Å². The Morgan fingerprint density at radius 1 is 1.00 bits per heavy atom. The summed E-state index contributed by atoms with van der Waals surface area (Å²) in [6.07, 6.45) is 3.25.